The first-order valence-corrected chi connectivity index (χ1v) is 18.2. The number of thioether (sulfide) groups is 1. The van der Waals surface area contributed by atoms with Crippen molar-refractivity contribution < 1.29 is 0 Å². The van der Waals surface area contributed by atoms with Crippen molar-refractivity contribution in [3.05, 3.63) is 182 Å². The van der Waals surface area contributed by atoms with Gasteiger partial charge in [0.1, 0.15) is 0 Å². The molecule has 0 saturated carbocycles. The molecule has 0 N–H and O–H groups in total. The molecule has 0 radical (unpaired) electrons. The van der Waals surface area contributed by atoms with Crippen LogP contribution in [0.2, 0.25) is 0 Å². The molecule has 4 heteroatoms. The van der Waals surface area contributed by atoms with Gasteiger partial charge in [0.25, 0.3) is 0 Å². The van der Waals surface area contributed by atoms with E-state index in [1.54, 1.807) is 0 Å². The van der Waals surface area contributed by atoms with Crippen molar-refractivity contribution in [2.75, 3.05) is 0 Å². The van der Waals surface area contributed by atoms with E-state index in [4.69, 9.17) is 15.0 Å². The smallest absolute Gasteiger partial charge is 0.164 e. The highest BCUT2D eigenvalue weighted by molar-refractivity contribution is 8.00. The van der Waals surface area contributed by atoms with Gasteiger partial charge in [-0.3, -0.25) is 0 Å². The van der Waals surface area contributed by atoms with Gasteiger partial charge in [-0.25, -0.2) is 15.0 Å². The number of hydrogen-bond donors (Lipinski definition) is 0. The van der Waals surface area contributed by atoms with Crippen molar-refractivity contribution in [2.24, 2.45) is 0 Å². The molecule has 2 atom stereocenters. The molecule has 51 heavy (non-hydrogen) atoms. The molecular weight excluding hydrogens is 639 g/mol. The fourth-order valence-corrected chi connectivity index (χ4v) is 8.82. The third kappa shape index (κ3) is 5.45. The largest absolute Gasteiger partial charge is 0.208 e. The maximum Gasteiger partial charge on any atom is 0.164 e. The van der Waals surface area contributed by atoms with Gasteiger partial charge >= 0.3 is 0 Å². The van der Waals surface area contributed by atoms with Gasteiger partial charge in [0.2, 0.25) is 0 Å². The quantitative estimate of drug-likeness (QED) is 0.183. The van der Waals surface area contributed by atoms with E-state index in [2.05, 4.69) is 176 Å². The zero-order valence-corrected chi connectivity index (χ0v) is 28.5. The minimum atomic E-state index is 0.250. The second-order valence-electron chi connectivity index (χ2n) is 13.2. The summed E-state index contributed by atoms with van der Waals surface area (Å²) in [4.78, 5) is 17.0. The first-order valence-electron chi connectivity index (χ1n) is 17.3. The lowest BCUT2D eigenvalue weighted by molar-refractivity contribution is 0.879. The average Bonchev–Trinajstić information content (AvgIpc) is 3.59. The Bertz CT molecular complexity index is 2680. The van der Waals surface area contributed by atoms with E-state index in [0.717, 1.165) is 33.2 Å². The van der Waals surface area contributed by atoms with E-state index >= 15 is 0 Å². The standard InChI is InChI=1S/C47H31N3S/c1-2-10-30(11-3-1)39-28-41(44-40-16-8-9-17-42(40)51-43(44)29-39)47-49-45(48-46(50-47)38-25-21-32-13-5-7-15-36(32)27-38)34-22-18-33(19-23-34)37-24-20-31-12-4-6-14-35(31)26-37/h1-29,40,42H. The summed E-state index contributed by atoms with van der Waals surface area (Å²) in [5.74, 6) is 2.27. The van der Waals surface area contributed by atoms with Gasteiger partial charge in [-0.2, -0.15) is 0 Å². The van der Waals surface area contributed by atoms with Gasteiger partial charge in [0.15, 0.2) is 17.5 Å². The van der Waals surface area contributed by atoms with Crippen LogP contribution in [0.3, 0.4) is 0 Å². The summed E-state index contributed by atoms with van der Waals surface area (Å²) in [7, 11) is 0. The van der Waals surface area contributed by atoms with Gasteiger partial charge in [0, 0.05) is 32.8 Å². The minimum Gasteiger partial charge on any atom is -0.208 e. The van der Waals surface area contributed by atoms with E-state index in [1.165, 1.54) is 37.7 Å². The number of hydrogen-bond acceptors (Lipinski definition) is 4. The number of rotatable bonds is 5. The Morgan fingerprint density at radius 2 is 0.941 bits per heavy atom. The summed E-state index contributed by atoms with van der Waals surface area (Å²) < 4.78 is 0. The van der Waals surface area contributed by atoms with Crippen molar-refractivity contribution in [3.63, 3.8) is 0 Å². The summed E-state index contributed by atoms with van der Waals surface area (Å²) in [5, 5.41) is 5.16. The molecule has 2 unspecified atom stereocenters. The zero-order chi connectivity index (χ0) is 33.7. The molecule has 0 fully saturated rings. The van der Waals surface area contributed by atoms with Crippen LogP contribution in [-0.2, 0) is 0 Å². The van der Waals surface area contributed by atoms with Crippen molar-refractivity contribution in [2.45, 2.75) is 16.1 Å². The van der Waals surface area contributed by atoms with Crippen LogP contribution in [0, 0.1) is 0 Å². The molecule has 2 aliphatic rings. The van der Waals surface area contributed by atoms with Crippen molar-refractivity contribution >= 4 is 33.3 Å². The van der Waals surface area contributed by atoms with Crippen LogP contribution in [0.5, 0.6) is 0 Å². The van der Waals surface area contributed by atoms with Gasteiger partial charge < -0.3 is 0 Å². The van der Waals surface area contributed by atoms with E-state index in [9.17, 15) is 0 Å². The normalized spacial score (nSPS) is 16.0. The number of nitrogens with zero attached hydrogens (tertiary/aromatic N) is 3. The maximum absolute atomic E-state index is 5.28. The molecule has 0 bridgehead atoms. The SMILES string of the molecule is C1=CC2Sc3cc(-c4ccccc4)cc(-c4nc(-c5ccc(-c6ccc7ccccc7c6)cc5)nc(-c5ccc6ccccc6c5)n4)c3C2C=C1. The van der Waals surface area contributed by atoms with Crippen LogP contribution in [0.1, 0.15) is 11.5 Å². The van der Waals surface area contributed by atoms with Gasteiger partial charge in [-0.05, 0) is 73.6 Å². The van der Waals surface area contributed by atoms with Gasteiger partial charge in [-0.1, -0.05) is 152 Å². The van der Waals surface area contributed by atoms with Crippen LogP contribution >= 0.6 is 11.8 Å². The second-order valence-corrected chi connectivity index (χ2v) is 14.4. The van der Waals surface area contributed by atoms with Crippen LogP contribution in [-0.4, -0.2) is 20.2 Å². The minimum absolute atomic E-state index is 0.250. The monoisotopic (exact) mass is 669 g/mol. The molecule has 240 valence electrons. The summed E-state index contributed by atoms with van der Waals surface area (Å²) >= 11 is 1.93. The highest BCUT2D eigenvalue weighted by Gasteiger charge is 2.35. The molecule has 7 aromatic carbocycles. The van der Waals surface area contributed by atoms with E-state index in [-0.39, 0.29) is 5.92 Å². The Hall–Kier alpha value is -6.10. The summed E-state index contributed by atoms with van der Waals surface area (Å²) in [6.07, 6.45) is 8.98. The highest BCUT2D eigenvalue weighted by Crippen LogP contribution is 2.52. The van der Waals surface area contributed by atoms with E-state index in [1.807, 2.05) is 11.8 Å². The highest BCUT2D eigenvalue weighted by atomic mass is 32.2. The molecule has 0 spiro atoms. The van der Waals surface area contributed by atoms with E-state index in [0.29, 0.717) is 22.7 Å². The topological polar surface area (TPSA) is 38.7 Å². The lowest BCUT2D eigenvalue weighted by Crippen LogP contribution is -2.09. The lowest BCUT2D eigenvalue weighted by Gasteiger charge is -2.18. The van der Waals surface area contributed by atoms with Crippen LogP contribution in [0.4, 0.5) is 0 Å². The van der Waals surface area contributed by atoms with Crippen molar-refractivity contribution in [3.8, 4) is 56.4 Å². The fraction of sp³-hybridized carbons (Fsp3) is 0.0426. The molecule has 8 aromatic rings. The third-order valence-corrected chi connectivity index (χ3v) is 11.4. The summed E-state index contributed by atoms with van der Waals surface area (Å²) in [6.45, 7) is 0. The summed E-state index contributed by atoms with van der Waals surface area (Å²) in [6, 6.07) is 53.9. The predicted octanol–water partition coefficient (Wildman–Crippen LogP) is 12.2. The first-order chi connectivity index (χ1) is 25.2. The number of aromatic nitrogens is 3. The Balaban J connectivity index is 1.15. The average molecular weight is 670 g/mol. The van der Waals surface area contributed by atoms with Crippen LogP contribution < -0.4 is 0 Å². The number of allylic oxidation sites excluding steroid dienone is 3. The zero-order valence-electron chi connectivity index (χ0n) is 27.6. The molecule has 1 aliphatic heterocycles. The predicted molar refractivity (Wildman–Crippen MR) is 213 cm³/mol. The Morgan fingerprint density at radius 3 is 1.69 bits per heavy atom. The van der Waals surface area contributed by atoms with Crippen molar-refractivity contribution in [1.82, 2.24) is 15.0 Å². The summed E-state index contributed by atoms with van der Waals surface area (Å²) in [5.41, 5.74) is 8.95. The molecule has 1 aliphatic carbocycles. The van der Waals surface area contributed by atoms with Crippen LogP contribution in [0.15, 0.2) is 181 Å². The maximum atomic E-state index is 5.28. The van der Waals surface area contributed by atoms with E-state index < -0.39 is 0 Å². The molecule has 2 heterocycles. The van der Waals surface area contributed by atoms with Gasteiger partial charge in [-0.15, -0.1) is 11.8 Å². The number of fused-ring (bicyclic) bond motifs is 5. The molecular formula is C47H31N3S. The Labute approximate surface area is 301 Å². The van der Waals surface area contributed by atoms with Crippen LogP contribution in [0.25, 0.3) is 78.0 Å². The molecule has 0 saturated heterocycles. The second kappa shape index (κ2) is 12.3. The fourth-order valence-electron chi connectivity index (χ4n) is 7.42. The van der Waals surface area contributed by atoms with Gasteiger partial charge in [0.05, 0.1) is 0 Å². The molecule has 3 nitrogen and oxygen atoms in total. The Morgan fingerprint density at radius 1 is 0.392 bits per heavy atom. The molecule has 1 aromatic heterocycles. The lowest BCUT2D eigenvalue weighted by atomic mass is 9.87. The third-order valence-electron chi connectivity index (χ3n) is 10.0. The molecule has 0 amide bonds. The Kier molecular flexibility index (Phi) is 7.21. The molecule has 10 rings (SSSR count). The first kappa shape index (κ1) is 29.8. The van der Waals surface area contributed by atoms with Crippen molar-refractivity contribution in [1.29, 1.82) is 0 Å². The number of benzene rings is 7.